The summed E-state index contributed by atoms with van der Waals surface area (Å²) in [5, 5.41) is 28.5. The number of thioether (sulfide) groups is 1. The largest absolute Gasteiger partial charge is 0.483 e. The SMILES string of the molecule is Cc1cccc(C)c1OCC(=O)NC[C@@](O)(Cc1ccccc1)C(=O)N1CSC(C)(C)[C@@H]1C(=O)N[C@H]1c2ccccc2C[C@H]1O. The van der Waals surface area contributed by atoms with Gasteiger partial charge in [0.1, 0.15) is 11.8 Å². The number of amides is 3. The van der Waals surface area contributed by atoms with Crippen molar-refractivity contribution in [2.45, 2.75) is 69.1 Å². The van der Waals surface area contributed by atoms with Gasteiger partial charge in [0.15, 0.2) is 12.2 Å². The van der Waals surface area contributed by atoms with Crippen LogP contribution in [0.5, 0.6) is 5.75 Å². The average molecular weight is 632 g/mol. The molecule has 1 aliphatic carbocycles. The molecule has 1 aliphatic heterocycles. The fraction of sp³-hybridized carbons (Fsp3) is 0.400. The number of hydrogen-bond acceptors (Lipinski definition) is 7. The Morgan fingerprint density at radius 1 is 1.00 bits per heavy atom. The molecule has 0 bridgehead atoms. The number of nitrogens with zero attached hydrogens (tertiary/aromatic N) is 1. The molecule has 1 fully saturated rings. The Balaban J connectivity index is 1.34. The van der Waals surface area contributed by atoms with Gasteiger partial charge in [-0.15, -0.1) is 11.8 Å². The molecule has 2 aliphatic rings. The van der Waals surface area contributed by atoms with Crippen LogP contribution < -0.4 is 15.4 Å². The van der Waals surface area contributed by atoms with Crippen LogP contribution in [0.25, 0.3) is 0 Å². The normalized spacial score (nSPS) is 21.5. The summed E-state index contributed by atoms with van der Waals surface area (Å²) >= 11 is 1.44. The number of carbonyl (C=O) groups is 3. The van der Waals surface area contributed by atoms with Gasteiger partial charge in [0.25, 0.3) is 11.8 Å². The molecule has 3 amide bonds. The van der Waals surface area contributed by atoms with Crippen molar-refractivity contribution in [2.75, 3.05) is 19.0 Å². The number of aliphatic hydroxyl groups excluding tert-OH is 1. The standard InChI is InChI=1S/C35H41N3O6S/c1-22-11-10-12-23(2)30(22)44-19-28(40)36-20-35(43,18-24-13-6-5-7-14-24)33(42)38-21-45-34(3,4)31(38)32(41)37-29-26-16-9-8-15-25(26)17-27(29)39/h5-16,27,29,31,39,43H,17-21H2,1-4H3,(H,36,40)(H,37,41)/t27-,29+,31+,35+/m1/s1. The van der Waals surface area contributed by atoms with E-state index in [0.717, 1.165) is 22.3 Å². The van der Waals surface area contributed by atoms with Crippen LogP contribution in [0.1, 0.15) is 47.7 Å². The van der Waals surface area contributed by atoms with E-state index in [1.54, 1.807) is 12.1 Å². The van der Waals surface area contributed by atoms with Gasteiger partial charge in [-0.1, -0.05) is 72.8 Å². The molecule has 10 heteroatoms. The maximum absolute atomic E-state index is 14.3. The molecule has 1 heterocycles. The van der Waals surface area contributed by atoms with Crippen LogP contribution in [-0.2, 0) is 27.2 Å². The maximum atomic E-state index is 14.3. The molecule has 238 valence electrons. The zero-order chi connectivity index (χ0) is 32.4. The summed E-state index contributed by atoms with van der Waals surface area (Å²) in [5.74, 6) is -0.770. The van der Waals surface area contributed by atoms with E-state index < -0.39 is 46.3 Å². The summed E-state index contributed by atoms with van der Waals surface area (Å²) in [6, 6.07) is 20.8. The van der Waals surface area contributed by atoms with Crippen LogP contribution in [0.15, 0.2) is 72.8 Å². The van der Waals surface area contributed by atoms with Crippen molar-refractivity contribution in [3.05, 3.63) is 101 Å². The number of para-hydroxylation sites is 1. The van der Waals surface area contributed by atoms with E-state index >= 15 is 0 Å². The van der Waals surface area contributed by atoms with Gasteiger partial charge in [-0.25, -0.2) is 0 Å². The molecule has 9 nitrogen and oxygen atoms in total. The summed E-state index contributed by atoms with van der Waals surface area (Å²) < 4.78 is 5.10. The summed E-state index contributed by atoms with van der Waals surface area (Å²) in [6.45, 7) is 6.90. The molecule has 45 heavy (non-hydrogen) atoms. The van der Waals surface area contributed by atoms with Crippen LogP contribution >= 0.6 is 11.8 Å². The number of aryl methyl sites for hydroxylation is 2. The number of hydrogen-bond donors (Lipinski definition) is 4. The molecule has 1 saturated heterocycles. The van der Waals surface area contributed by atoms with Crippen LogP contribution in [0.3, 0.4) is 0 Å². The first kappa shape index (κ1) is 32.5. The highest BCUT2D eigenvalue weighted by Crippen LogP contribution is 2.41. The van der Waals surface area contributed by atoms with Crippen molar-refractivity contribution in [3.8, 4) is 5.75 Å². The number of benzene rings is 3. The summed E-state index contributed by atoms with van der Waals surface area (Å²) in [4.78, 5) is 42.5. The molecular weight excluding hydrogens is 590 g/mol. The Kier molecular flexibility index (Phi) is 9.57. The smallest absolute Gasteiger partial charge is 0.258 e. The lowest BCUT2D eigenvalue weighted by Gasteiger charge is -2.37. The third-order valence-electron chi connectivity index (χ3n) is 8.63. The molecule has 5 rings (SSSR count). The molecule has 0 saturated carbocycles. The number of fused-ring (bicyclic) bond motifs is 1. The molecule has 4 N–H and O–H groups in total. The van der Waals surface area contributed by atoms with E-state index in [9.17, 15) is 24.6 Å². The van der Waals surface area contributed by atoms with Crippen molar-refractivity contribution >= 4 is 29.5 Å². The van der Waals surface area contributed by atoms with Crippen molar-refractivity contribution < 1.29 is 29.3 Å². The lowest BCUT2D eigenvalue weighted by Crippen LogP contribution is -2.62. The summed E-state index contributed by atoms with van der Waals surface area (Å²) in [7, 11) is 0. The van der Waals surface area contributed by atoms with Gasteiger partial charge in [0.2, 0.25) is 5.91 Å². The quantitative estimate of drug-likeness (QED) is 0.271. The third kappa shape index (κ3) is 7.03. The van der Waals surface area contributed by atoms with E-state index in [4.69, 9.17) is 4.74 Å². The monoisotopic (exact) mass is 631 g/mol. The number of ether oxygens (including phenoxy) is 1. The van der Waals surface area contributed by atoms with Gasteiger partial charge in [-0.2, -0.15) is 0 Å². The maximum Gasteiger partial charge on any atom is 0.258 e. The minimum Gasteiger partial charge on any atom is -0.483 e. The first-order valence-electron chi connectivity index (χ1n) is 15.1. The predicted octanol–water partition coefficient (Wildman–Crippen LogP) is 3.23. The van der Waals surface area contributed by atoms with Crippen molar-refractivity contribution in [3.63, 3.8) is 0 Å². The molecule has 0 aromatic heterocycles. The second kappa shape index (κ2) is 13.2. The molecule has 4 atom stereocenters. The first-order valence-corrected chi connectivity index (χ1v) is 16.1. The minimum atomic E-state index is -2.05. The van der Waals surface area contributed by atoms with Crippen LogP contribution in [-0.4, -0.2) is 74.4 Å². The molecule has 3 aromatic carbocycles. The summed E-state index contributed by atoms with van der Waals surface area (Å²) in [5.41, 5.74) is 2.27. The zero-order valence-electron chi connectivity index (χ0n) is 26.1. The Hall–Kier alpha value is -3.86. The van der Waals surface area contributed by atoms with Gasteiger partial charge in [0, 0.05) is 17.6 Å². The predicted molar refractivity (Wildman–Crippen MR) is 174 cm³/mol. The third-order valence-corrected chi connectivity index (χ3v) is 10.0. The first-order chi connectivity index (χ1) is 21.4. The molecule has 0 spiro atoms. The number of nitrogens with one attached hydrogen (secondary N) is 2. The van der Waals surface area contributed by atoms with Crippen LogP contribution in [0.4, 0.5) is 0 Å². The van der Waals surface area contributed by atoms with Crippen molar-refractivity contribution in [1.29, 1.82) is 0 Å². The number of rotatable bonds is 10. The van der Waals surface area contributed by atoms with Crippen LogP contribution in [0, 0.1) is 13.8 Å². The summed E-state index contributed by atoms with van der Waals surface area (Å²) in [6.07, 6.45) is -0.436. The molecular formula is C35H41N3O6S. The van der Waals surface area contributed by atoms with E-state index in [-0.39, 0.29) is 25.4 Å². The van der Waals surface area contributed by atoms with Crippen molar-refractivity contribution in [2.24, 2.45) is 0 Å². The Bertz CT molecular complexity index is 1540. The molecule has 0 radical (unpaired) electrons. The number of aliphatic hydroxyl groups is 2. The fourth-order valence-electron chi connectivity index (χ4n) is 6.25. The van der Waals surface area contributed by atoms with Crippen molar-refractivity contribution in [1.82, 2.24) is 15.5 Å². The average Bonchev–Trinajstić information content (AvgIpc) is 3.50. The molecule has 3 aromatic rings. The van der Waals surface area contributed by atoms with Gasteiger partial charge >= 0.3 is 0 Å². The zero-order valence-corrected chi connectivity index (χ0v) is 26.9. The number of carbonyl (C=O) groups excluding carboxylic acids is 3. The fourth-order valence-corrected chi connectivity index (χ4v) is 7.38. The van der Waals surface area contributed by atoms with E-state index in [1.807, 2.05) is 88.4 Å². The lowest BCUT2D eigenvalue weighted by molar-refractivity contribution is -0.155. The van der Waals surface area contributed by atoms with E-state index in [2.05, 4.69) is 10.6 Å². The van der Waals surface area contributed by atoms with Gasteiger partial charge in [0.05, 0.1) is 24.6 Å². The van der Waals surface area contributed by atoms with Gasteiger partial charge in [-0.05, 0) is 55.5 Å². The van der Waals surface area contributed by atoms with Crippen LogP contribution in [0.2, 0.25) is 0 Å². The second-order valence-electron chi connectivity index (χ2n) is 12.5. The lowest BCUT2D eigenvalue weighted by atomic mass is 9.90. The highest BCUT2D eigenvalue weighted by Gasteiger charge is 2.53. The molecule has 0 unspecified atom stereocenters. The van der Waals surface area contributed by atoms with Gasteiger partial charge < -0.3 is 30.5 Å². The highest BCUT2D eigenvalue weighted by atomic mass is 32.2. The Labute approximate surface area is 268 Å². The minimum absolute atomic E-state index is 0.0740. The van der Waals surface area contributed by atoms with E-state index in [0.29, 0.717) is 17.7 Å². The second-order valence-corrected chi connectivity index (χ2v) is 14.1. The Morgan fingerprint density at radius 2 is 1.67 bits per heavy atom. The van der Waals surface area contributed by atoms with E-state index in [1.165, 1.54) is 16.7 Å². The van der Waals surface area contributed by atoms with Gasteiger partial charge in [-0.3, -0.25) is 14.4 Å². The Morgan fingerprint density at radius 3 is 2.38 bits per heavy atom. The topological polar surface area (TPSA) is 128 Å². The highest BCUT2D eigenvalue weighted by molar-refractivity contribution is 8.00.